The first-order valence-corrected chi connectivity index (χ1v) is 6.64. The zero-order chi connectivity index (χ0) is 16.2. The third kappa shape index (κ3) is 4.34. The van der Waals surface area contributed by atoms with E-state index in [1.807, 2.05) is 0 Å². The second kappa shape index (κ2) is 6.92. The van der Waals surface area contributed by atoms with E-state index in [1.165, 1.54) is 12.1 Å². The van der Waals surface area contributed by atoms with E-state index < -0.39 is 10.9 Å². The number of rotatable bonds is 6. The number of hydrogen-bond donors (Lipinski definition) is 1. The Labute approximate surface area is 123 Å². The Bertz CT molecular complexity index is 540. The second-order valence-electron chi connectivity index (χ2n) is 5.00. The molecule has 0 heterocycles. The van der Waals surface area contributed by atoms with E-state index in [0.717, 1.165) is 0 Å². The molecular formula is C14H20N2O5. The minimum Gasteiger partial charge on any atom is -0.484 e. The standard InChI is InChI=1S/C14H20N2O5/c1-8(2)20-12-7-10(14(17)21-9(3)4)6-11(15-5)13(12)16(18)19/h6-9,15H,1-5H3. The van der Waals surface area contributed by atoms with Gasteiger partial charge in [0.15, 0.2) is 5.75 Å². The lowest BCUT2D eigenvalue weighted by Crippen LogP contribution is -2.14. The average Bonchev–Trinajstić information content (AvgIpc) is 2.35. The molecule has 7 heteroatoms. The number of carbonyl (C=O) groups is 1. The number of esters is 1. The molecule has 0 aliphatic rings. The van der Waals surface area contributed by atoms with Gasteiger partial charge in [-0.15, -0.1) is 0 Å². The Morgan fingerprint density at radius 3 is 2.29 bits per heavy atom. The molecule has 0 spiro atoms. The molecule has 0 bridgehead atoms. The van der Waals surface area contributed by atoms with Gasteiger partial charge in [-0.25, -0.2) is 4.79 Å². The molecule has 1 aromatic rings. The average molecular weight is 296 g/mol. The van der Waals surface area contributed by atoms with Crippen molar-refractivity contribution in [2.75, 3.05) is 12.4 Å². The van der Waals surface area contributed by atoms with Crippen molar-refractivity contribution < 1.29 is 19.2 Å². The number of benzene rings is 1. The summed E-state index contributed by atoms with van der Waals surface area (Å²) in [5, 5.41) is 13.9. The van der Waals surface area contributed by atoms with E-state index in [9.17, 15) is 14.9 Å². The Balaban J connectivity index is 3.36. The fraction of sp³-hybridized carbons (Fsp3) is 0.500. The molecule has 1 aromatic carbocycles. The van der Waals surface area contributed by atoms with Gasteiger partial charge in [-0.05, 0) is 33.8 Å². The van der Waals surface area contributed by atoms with Crippen LogP contribution in [0.3, 0.4) is 0 Å². The number of ether oxygens (including phenoxy) is 2. The lowest BCUT2D eigenvalue weighted by molar-refractivity contribution is -0.385. The third-order valence-electron chi connectivity index (χ3n) is 2.47. The van der Waals surface area contributed by atoms with Gasteiger partial charge in [-0.3, -0.25) is 10.1 Å². The second-order valence-corrected chi connectivity index (χ2v) is 5.00. The van der Waals surface area contributed by atoms with Crippen LogP contribution in [-0.2, 0) is 4.74 Å². The first-order chi connectivity index (χ1) is 9.76. The first kappa shape index (κ1) is 16.7. The summed E-state index contributed by atoms with van der Waals surface area (Å²) in [6.07, 6.45) is -0.537. The summed E-state index contributed by atoms with van der Waals surface area (Å²) in [6, 6.07) is 2.72. The van der Waals surface area contributed by atoms with Crippen molar-refractivity contribution in [2.45, 2.75) is 39.9 Å². The summed E-state index contributed by atoms with van der Waals surface area (Å²) in [7, 11) is 1.54. The van der Waals surface area contributed by atoms with Crippen LogP contribution in [-0.4, -0.2) is 30.1 Å². The predicted octanol–water partition coefficient (Wildman–Crippen LogP) is 2.99. The van der Waals surface area contributed by atoms with Gasteiger partial charge in [0.25, 0.3) is 0 Å². The van der Waals surface area contributed by atoms with E-state index >= 15 is 0 Å². The molecule has 0 unspecified atom stereocenters. The van der Waals surface area contributed by atoms with Gasteiger partial charge in [-0.1, -0.05) is 0 Å². The zero-order valence-electron chi connectivity index (χ0n) is 12.8. The van der Waals surface area contributed by atoms with Crippen molar-refractivity contribution in [3.05, 3.63) is 27.8 Å². The van der Waals surface area contributed by atoms with Crippen LogP contribution < -0.4 is 10.1 Å². The number of nitro groups is 1. The maximum atomic E-state index is 12.0. The molecule has 0 saturated heterocycles. The molecule has 116 valence electrons. The van der Waals surface area contributed by atoms with Crippen LogP contribution in [0.1, 0.15) is 38.1 Å². The number of nitrogens with zero attached hydrogens (tertiary/aromatic N) is 1. The van der Waals surface area contributed by atoms with Crippen molar-refractivity contribution in [3.8, 4) is 5.75 Å². The third-order valence-corrected chi connectivity index (χ3v) is 2.47. The summed E-state index contributed by atoms with van der Waals surface area (Å²) in [4.78, 5) is 22.6. The molecule has 0 fully saturated rings. The van der Waals surface area contributed by atoms with E-state index in [2.05, 4.69) is 5.32 Å². The van der Waals surface area contributed by atoms with Gasteiger partial charge in [0, 0.05) is 13.1 Å². The summed E-state index contributed by atoms with van der Waals surface area (Å²) in [6.45, 7) is 6.96. The van der Waals surface area contributed by atoms with Crippen molar-refractivity contribution in [2.24, 2.45) is 0 Å². The predicted molar refractivity (Wildman–Crippen MR) is 79.0 cm³/mol. The molecule has 0 saturated carbocycles. The SMILES string of the molecule is CNc1cc(C(=O)OC(C)C)cc(OC(C)C)c1[N+](=O)[O-]. The number of carbonyl (C=O) groups excluding carboxylic acids is 1. The van der Waals surface area contributed by atoms with E-state index in [1.54, 1.807) is 34.7 Å². The fourth-order valence-corrected chi connectivity index (χ4v) is 1.73. The highest BCUT2D eigenvalue weighted by Crippen LogP contribution is 2.37. The van der Waals surface area contributed by atoms with Crippen LogP contribution in [0.2, 0.25) is 0 Å². The van der Waals surface area contributed by atoms with Crippen LogP contribution in [0.5, 0.6) is 5.75 Å². The number of anilines is 1. The van der Waals surface area contributed by atoms with Gasteiger partial charge in [0.05, 0.1) is 22.7 Å². The van der Waals surface area contributed by atoms with Crippen LogP contribution in [0, 0.1) is 10.1 Å². The van der Waals surface area contributed by atoms with Gasteiger partial charge >= 0.3 is 11.7 Å². The van der Waals surface area contributed by atoms with Crippen molar-refractivity contribution in [1.82, 2.24) is 0 Å². The Kier molecular flexibility index (Phi) is 5.52. The minimum absolute atomic E-state index is 0.0394. The van der Waals surface area contributed by atoms with E-state index in [0.29, 0.717) is 0 Å². The van der Waals surface area contributed by atoms with E-state index in [-0.39, 0.29) is 34.9 Å². The maximum absolute atomic E-state index is 12.0. The van der Waals surface area contributed by atoms with Crippen molar-refractivity contribution >= 4 is 17.3 Å². The van der Waals surface area contributed by atoms with Crippen molar-refractivity contribution in [1.29, 1.82) is 0 Å². The molecule has 0 aliphatic heterocycles. The van der Waals surface area contributed by atoms with Gasteiger partial charge in [0.1, 0.15) is 5.69 Å². The number of nitro benzene ring substituents is 1. The maximum Gasteiger partial charge on any atom is 0.338 e. The molecule has 7 nitrogen and oxygen atoms in total. The fourth-order valence-electron chi connectivity index (χ4n) is 1.73. The molecule has 1 rings (SSSR count). The zero-order valence-corrected chi connectivity index (χ0v) is 12.8. The minimum atomic E-state index is -0.551. The monoisotopic (exact) mass is 296 g/mol. The highest BCUT2D eigenvalue weighted by molar-refractivity contribution is 5.93. The largest absolute Gasteiger partial charge is 0.484 e. The number of nitrogens with one attached hydrogen (secondary N) is 1. The van der Waals surface area contributed by atoms with Crippen LogP contribution in [0.15, 0.2) is 12.1 Å². The highest BCUT2D eigenvalue weighted by atomic mass is 16.6. The van der Waals surface area contributed by atoms with Gasteiger partial charge in [0.2, 0.25) is 0 Å². The lowest BCUT2D eigenvalue weighted by atomic mass is 10.1. The van der Waals surface area contributed by atoms with Crippen LogP contribution in [0.4, 0.5) is 11.4 Å². The van der Waals surface area contributed by atoms with E-state index in [4.69, 9.17) is 9.47 Å². The lowest BCUT2D eigenvalue weighted by Gasteiger charge is -2.14. The molecule has 0 radical (unpaired) electrons. The van der Waals surface area contributed by atoms with Crippen LogP contribution in [0.25, 0.3) is 0 Å². The van der Waals surface area contributed by atoms with Gasteiger partial charge in [-0.2, -0.15) is 0 Å². The Hall–Kier alpha value is -2.31. The number of hydrogen-bond acceptors (Lipinski definition) is 6. The normalized spacial score (nSPS) is 10.6. The summed E-state index contributed by atoms with van der Waals surface area (Å²) in [5.41, 5.74) is 0.204. The summed E-state index contributed by atoms with van der Waals surface area (Å²) >= 11 is 0. The molecule has 0 aliphatic carbocycles. The summed E-state index contributed by atoms with van der Waals surface area (Å²) < 4.78 is 10.6. The smallest absolute Gasteiger partial charge is 0.338 e. The Morgan fingerprint density at radius 1 is 1.24 bits per heavy atom. The molecule has 21 heavy (non-hydrogen) atoms. The highest BCUT2D eigenvalue weighted by Gasteiger charge is 2.25. The van der Waals surface area contributed by atoms with Crippen LogP contribution >= 0.6 is 0 Å². The topological polar surface area (TPSA) is 90.7 Å². The quantitative estimate of drug-likeness (QED) is 0.493. The summed E-state index contributed by atoms with van der Waals surface area (Å²) in [5.74, 6) is -0.512. The molecule has 0 aromatic heterocycles. The molecule has 0 amide bonds. The molecular weight excluding hydrogens is 276 g/mol. The van der Waals surface area contributed by atoms with Crippen molar-refractivity contribution in [3.63, 3.8) is 0 Å². The molecule has 0 atom stereocenters. The molecule has 1 N–H and O–H groups in total. The first-order valence-electron chi connectivity index (χ1n) is 6.64. The van der Waals surface area contributed by atoms with Gasteiger partial charge < -0.3 is 14.8 Å². The Morgan fingerprint density at radius 2 is 1.86 bits per heavy atom.